The Hall–Kier alpha value is -0.930. The van der Waals surface area contributed by atoms with Gasteiger partial charge in [-0.2, -0.15) is 0 Å². The maximum atomic E-state index is 8.56. The molecule has 0 saturated carbocycles. The van der Waals surface area contributed by atoms with E-state index in [0.717, 1.165) is 0 Å². The van der Waals surface area contributed by atoms with Crippen molar-refractivity contribution in [1.29, 1.82) is 0 Å². The number of carboxylic acid groups (broad SMARTS) is 6. The summed E-state index contributed by atoms with van der Waals surface area (Å²) in [7, 11) is 0. The van der Waals surface area contributed by atoms with Gasteiger partial charge in [0.25, 0.3) is 0 Å². The van der Waals surface area contributed by atoms with Crippen LogP contribution in [0.25, 0.3) is 0 Å². The van der Waals surface area contributed by atoms with Gasteiger partial charge in [0.1, 0.15) is 0 Å². The van der Waals surface area contributed by atoms with Crippen molar-refractivity contribution in [2.45, 2.75) is 0 Å². The second kappa shape index (κ2) is 17.2. The Morgan fingerprint density at radius 2 is 0.538 bits per heavy atom. The number of hydrogen-bond acceptors (Lipinski definition) is 3. The first-order chi connectivity index (χ1) is 5.20. The van der Waals surface area contributed by atoms with Gasteiger partial charge in [-0.3, -0.25) is 0 Å². The van der Waals surface area contributed by atoms with Crippen LogP contribution in [0, 0.1) is 37.7 Å². The third-order valence-electron chi connectivity index (χ3n) is 0. The van der Waals surface area contributed by atoms with E-state index in [1.807, 2.05) is 0 Å². The smallest absolute Gasteiger partial charge is 0.450 e. The first-order valence-electron chi connectivity index (χ1n) is 1.95. The first-order valence-corrected chi connectivity index (χ1v) is 1.95. The number of rotatable bonds is 0. The minimum absolute atomic E-state index is 0. The summed E-state index contributed by atoms with van der Waals surface area (Å²) in [6, 6.07) is 0. The molecule has 0 heterocycles. The van der Waals surface area contributed by atoms with Crippen molar-refractivity contribution in [1.82, 2.24) is 0 Å². The van der Waals surface area contributed by atoms with Gasteiger partial charge in [0, 0.05) is 37.7 Å². The van der Waals surface area contributed by atoms with E-state index in [0.29, 0.717) is 0 Å². The average Bonchev–Trinajstić information content (AvgIpc) is 1.54. The molecule has 0 amide bonds. The summed E-state index contributed by atoms with van der Waals surface area (Å²) in [4.78, 5) is 25.7. The van der Waals surface area contributed by atoms with Crippen LogP contribution in [-0.4, -0.2) is 49.1 Å². The van der Waals surface area contributed by atoms with E-state index in [2.05, 4.69) is 0 Å². The molecule has 6 N–H and O–H groups in total. The predicted octanol–water partition coefficient (Wildman–Crippen LogP) is 0.667. The van der Waals surface area contributed by atoms with Gasteiger partial charge in [0.05, 0.1) is 0 Å². The van der Waals surface area contributed by atoms with Crippen LogP contribution >= 0.6 is 0 Å². The quantitative estimate of drug-likeness (QED) is 0.346. The third-order valence-corrected chi connectivity index (χ3v) is 0. The Kier molecular flexibility index (Phi) is 30.1. The zero-order chi connectivity index (χ0) is 10.7. The molecule has 13 heavy (non-hydrogen) atoms. The van der Waals surface area contributed by atoms with Crippen LogP contribution in [0.5, 0.6) is 0 Å². The van der Waals surface area contributed by atoms with Crippen LogP contribution in [0.2, 0.25) is 0 Å². The molecule has 0 aliphatic rings. The van der Waals surface area contributed by atoms with Crippen molar-refractivity contribution < 1.29 is 82.8 Å². The van der Waals surface area contributed by atoms with Gasteiger partial charge in [0.15, 0.2) is 0 Å². The average molecular weight is 226 g/mol. The van der Waals surface area contributed by atoms with Crippen LogP contribution in [0.3, 0.4) is 0 Å². The third kappa shape index (κ3) is 1050. The van der Waals surface area contributed by atoms with E-state index in [4.69, 9.17) is 45.0 Å². The largest absolute Gasteiger partial charge is 0.503 e. The predicted molar refractivity (Wildman–Crippen MR) is 32.0 cm³/mol. The van der Waals surface area contributed by atoms with E-state index in [-0.39, 0.29) is 37.7 Å². The summed E-state index contributed by atoms with van der Waals surface area (Å²) in [5, 5.41) is 41.8. The molecule has 0 aromatic heterocycles. The minimum Gasteiger partial charge on any atom is -0.450 e. The van der Waals surface area contributed by atoms with Gasteiger partial charge in [-0.25, -0.2) is 14.4 Å². The molecule has 0 aliphatic heterocycles. The standard InChI is InChI=1S/3CH2O3.Ar/c3*2-1(3)4;/h3*(H2,2,3,4);. The van der Waals surface area contributed by atoms with Gasteiger partial charge in [0.2, 0.25) is 0 Å². The fourth-order valence-corrected chi connectivity index (χ4v) is 0. The molecule has 0 rings (SSSR count). The maximum absolute atomic E-state index is 8.56. The van der Waals surface area contributed by atoms with Crippen LogP contribution in [0.15, 0.2) is 0 Å². The van der Waals surface area contributed by atoms with Gasteiger partial charge >= 0.3 is 18.5 Å². The van der Waals surface area contributed by atoms with E-state index in [9.17, 15) is 0 Å². The zero-order valence-corrected chi connectivity index (χ0v) is 6.47. The molecule has 0 atom stereocenters. The second-order valence-electron chi connectivity index (χ2n) is 0.848. The Morgan fingerprint density at radius 1 is 0.538 bits per heavy atom. The first kappa shape index (κ1) is 22.7. The number of carbonyl (C=O) groups is 3. The molecule has 0 spiro atoms. The van der Waals surface area contributed by atoms with Gasteiger partial charge in [-0.05, 0) is 0 Å². The summed E-state index contributed by atoms with van der Waals surface area (Å²) in [5.41, 5.74) is 0. The van der Waals surface area contributed by atoms with Gasteiger partial charge in [-0.15, -0.1) is 0 Å². The Morgan fingerprint density at radius 3 is 0.538 bits per heavy atom. The number of hydrogen-bond donors (Lipinski definition) is 6. The zero-order valence-electron chi connectivity index (χ0n) is 5.76. The van der Waals surface area contributed by atoms with Crippen molar-refractivity contribution in [3.63, 3.8) is 0 Å². The van der Waals surface area contributed by atoms with Crippen molar-refractivity contribution in [3.05, 3.63) is 0 Å². The summed E-state index contributed by atoms with van der Waals surface area (Å²) in [6.45, 7) is 0. The van der Waals surface area contributed by atoms with Crippen LogP contribution < -0.4 is 0 Å². The summed E-state index contributed by atoms with van der Waals surface area (Å²) in [6.07, 6.45) is -5.50. The second-order valence-corrected chi connectivity index (χ2v) is 0.848. The maximum Gasteiger partial charge on any atom is 0.503 e. The summed E-state index contributed by atoms with van der Waals surface area (Å²) < 4.78 is 0. The molecular formula is C3H6ArO9. The van der Waals surface area contributed by atoms with Crippen molar-refractivity contribution in [2.24, 2.45) is 0 Å². The van der Waals surface area contributed by atoms with Crippen LogP contribution in [-0.2, 0) is 0 Å². The van der Waals surface area contributed by atoms with Crippen LogP contribution in [0.4, 0.5) is 14.4 Å². The monoisotopic (exact) mass is 226 g/mol. The van der Waals surface area contributed by atoms with E-state index in [1.165, 1.54) is 0 Å². The molecule has 0 fully saturated rings. The molecule has 0 aromatic rings. The van der Waals surface area contributed by atoms with E-state index < -0.39 is 18.5 Å². The Balaban J connectivity index is -0.0000000450. The molecule has 0 aliphatic carbocycles. The van der Waals surface area contributed by atoms with Crippen LogP contribution in [0.1, 0.15) is 0 Å². The summed E-state index contributed by atoms with van der Waals surface area (Å²) >= 11 is 0. The molecule has 10 heteroatoms. The van der Waals surface area contributed by atoms with Crippen molar-refractivity contribution in [3.8, 4) is 0 Å². The fourth-order valence-electron chi connectivity index (χ4n) is 0. The molecule has 80 valence electrons. The molecule has 0 radical (unpaired) electrons. The van der Waals surface area contributed by atoms with Crippen molar-refractivity contribution >= 4 is 18.5 Å². The fraction of sp³-hybridized carbons (Fsp3) is 0. The molecular weight excluding hydrogens is 220 g/mol. The van der Waals surface area contributed by atoms with Crippen molar-refractivity contribution in [2.75, 3.05) is 0 Å². The molecule has 0 bridgehead atoms. The minimum atomic E-state index is -1.83. The molecule has 9 nitrogen and oxygen atoms in total. The normalized spacial score (nSPS) is 5.54. The van der Waals surface area contributed by atoms with Gasteiger partial charge < -0.3 is 30.6 Å². The molecule has 0 unspecified atom stereocenters. The SMILES string of the molecule is O=C(O)O.O=C(O)O.O=C(O)O.[Ar]. The molecule has 0 aromatic carbocycles. The Bertz CT molecular complexity index is 112. The molecule has 0 saturated heterocycles. The van der Waals surface area contributed by atoms with E-state index >= 15 is 0 Å². The van der Waals surface area contributed by atoms with Gasteiger partial charge in [-0.1, -0.05) is 0 Å². The summed E-state index contributed by atoms with van der Waals surface area (Å²) in [5.74, 6) is 0. The topological polar surface area (TPSA) is 173 Å². The Labute approximate surface area is 101 Å². The van der Waals surface area contributed by atoms with E-state index in [1.54, 1.807) is 0 Å².